The molecule has 0 fully saturated rings. The molecule has 0 saturated carbocycles. The summed E-state index contributed by atoms with van der Waals surface area (Å²) >= 11 is 0. The molecule has 12 heteroatoms. The molecule has 3 atom stereocenters. The lowest BCUT2D eigenvalue weighted by Gasteiger charge is -2.23. The van der Waals surface area contributed by atoms with Gasteiger partial charge in [0.05, 0.1) is 12.4 Å². The molecule has 0 aliphatic heterocycles. The molecule has 2 aromatic rings. The van der Waals surface area contributed by atoms with E-state index in [-0.39, 0.29) is 42.3 Å². The van der Waals surface area contributed by atoms with Crippen LogP contribution in [-0.4, -0.2) is 44.1 Å². The van der Waals surface area contributed by atoms with Crippen molar-refractivity contribution in [1.82, 2.24) is 0 Å². The Morgan fingerprint density at radius 3 is 2.49 bits per heavy atom. The zero-order valence-corrected chi connectivity index (χ0v) is 22.0. The Bertz CT molecular complexity index is 1190. The van der Waals surface area contributed by atoms with Crippen LogP contribution >= 0.6 is 12.4 Å². The zero-order valence-electron chi connectivity index (χ0n) is 20.4. The Hall–Kier alpha value is -2.50. The highest BCUT2D eigenvalue weighted by Gasteiger charge is 2.37. The second-order valence-corrected chi connectivity index (χ2v) is 11.0. The maximum absolute atomic E-state index is 12.4. The Balaban J connectivity index is 0.00000481. The van der Waals surface area contributed by atoms with Gasteiger partial charge in [-0.3, -0.25) is 4.79 Å². The van der Waals surface area contributed by atoms with Crippen molar-refractivity contribution in [1.29, 1.82) is 0 Å². The number of carbonyl (C=O) groups is 1. The number of aromatic hydroxyl groups is 1. The number of phenolic OH excluding ortho intramolecular Hbond substituents is 1. The fourth-order valence-electron chi connectivity index (χ4n) is 4.28. The minimum absolute atomic E-state index is 0. The first-order valence-corrected chi connectivity index (χ1v) is 13.2. The largest absolute Gasteiger partial charge is 0.508 e. The van der Waals surface area contributed by atoms with Crippen molar-refractivity contribution in [2.45, 2.75) is 51.2 Å². The van der Waals surface area contributed by atoms with Crippen LogP contribution in [0.25, 0.3) is 0 Å². The highest BCUT2D eigenvalue weighted by molar-refractivity contribution is 7.87. The normalized spacial score (nSPS) is 18.1. The van der Waals surface area contributed by atoms with E-state index >= 15 is 0 Å². The maximum Gasteiger partial charge on any atom is 0.389 e. The van der Waals surface area contributed by atoms with Gasteiger partial charge in [-0.05, 0) is 48.1 Å². The molecule has 37 heavy (non-hydrogen) atoms. The summed E-state index contributed by atoms with van der Waals surface area (Å²) in [7, 11) is -4.29. The molecule has 0 saturated heterocycles. The number of esters is 1. The molecule has 3 N–H and O–H groups in total. The number of hydrogen-bond donors (Lipinski definition) is 2. The summed E-state index contributed by atoms with van der Waals surface area (Å²) < 4.78 is 72.2. The molecule has 206 valence electrons. The summed E-state index contributed by atoms with van der Waals surface area (Å²) in [6, 6.07) is 10.6. The quantitative estimate of drug-likeness (QED) is 0.317. The van der Waals surface area contributed by atoms with Gasteiger partial charge in [0.15, 0.2) is 0 Å². The number of phenols is 1. The van der Waals surface area contributed by atoms with E-state index in [1.807, 2.05) is 24.3 Å². The van der Waals surface area contributed by atoms with Gasteiger partial charge in [0, 0.05) is 23.8 Å². The van der Waals surface area contributed by atoms with E-state index in [4.69, 9.17) is 14.7 Å². The Morgan fingerprint density at radius 1 is 1.16 bits per heavy atom. The molecule has 3 rings (SSSR count). The maximum atomic E-state index is 12.4. The molecule has 1 aliphatic rings. The van der Waals surface area contributed by atoms with Crippen molar-refractivity contribution in [3.8, 4) is 11.5 Å². The molecule has 0 spiro atoms. The SMILES string of the molecule is CC(C)[C@H](N)C(=O)OC[C@@H]1Cc2ccccc2C1c1cc(OS(=O)(=O)CCCC(F)(F)F)ccc1O.Cl. The molecule has 1 unspecified atom stereocenters. The van der Waals surface area contributed by atoms with Crippen molar-refractivity contribution < 1.29 is 40.4 Å². The predicted molar refractivity (Wildman–Crippen MR) is 134 cm³/mol. The lowest BCUT2D eigenvalue weighted by Crippen LogP contribution is -2.38. The predicted octanol–water partition coefficient (Wildman–Crippen LogP) is 4.70. The van der Waals surface area contributed by atoms with Crippen LogP contribution < -0.4 is 9.92 Å². The van der Waals surface area contributed by atoms with Crippen LogP contribution in [-0.2, 0) is 26.1 Å². The van der Waals surface area contributed by atoms with Gasteiger partial charge < -0.3 is 19.8 Å². The number of ether oxygens (including phenoxy) is 1. The molecule has 2 aromatic carbocycles. The van der Waals surface area contributed by atoms with Crippen LogP contribution in [0, 0.1) is 11.8 Å². The van der Waals surface area contributed by atoms with Crippen molar-refractivity contribution in [2.75, 3.05) is 12.4 Å². The third kappa shape index (κ3) is 8.24. The molecular weight excluding hydrogens is 535 g/mol. The van der Waals surface area contributed by atoms with Crippen LogP contribution in [0.1, 0.15) is 49.3 Å². The summed E-state index contributed by atoms with van der Waals surface area (Å²) in [5.74, 6) is -2.40. The Morgan fingerprint density at radius 2 is 1.84 bits per heavy atom. The van der Waals surface area contributed by atoms with Gasteiger partial charge in [-0.1, -0.05) is 38.1 Å². The van der Waals surface area contributed by atoms with Gasteiger partial charge in [0.1, 0.15) is 17.5 Å². The van der Waals surface area contributed by atoms with E-state index in [1.165, 1.54) is 18.2 Å². The Kier molecular flexibility index (Phi) is 10.3. The summed E-state index contributed by atoms with van der Waals surface area (Å²) in [5.41, 5.74) is 8.11. The fourth-order valence-corrected chi connectivity index (χ4v) is 5.26. The van der Waals surface area contributed by atoms with E-state index in [9.17, 15) is 31.5 Å². The Labute approximate surface area is 220 Å². The number of hydrogen-bond acceptors (Lipinski definition) is 7. The smallest absolute Gasteiger partial charge is 0.389 e. The number of rotatable bonds is 10. The van der Waals surface area contributed by atoms with Crippen molar-refractivity contribution in [2.24, 2.45) is 17.6 Å². The lowest BCUT2D eigenvalue weighted by atomic mass is 9.85. The lowest BCUT2D eigenvalue weighted by molar-refractivity contribution is -0.147. The first kappa shape index (κ1) is 30.7. The molecule has 0 heterocycles. The third-order valence-electron chi connectivity index (χ3n) is 6.19. The van der Waals surface area contributed by atoms with Crippen LogP contribution in [0.3, 0.4) is 0 Å². The summed E-state index contributed by atoms with van der Waals surface area (Å²) in [6.07, 6.45) is -5.78. The molecular formula is C25H31ClF3NO6S. The third-order valence-corrected chi connectivity index (χ3v) is 7.42. The number of halogens is 4. The van der Waals surface area contributed by atoms with E-state index < -0.39 is 52.8 Å². The van der Waals surface area contributed by atoms with Crippen molar-refractivity contribution in [3.63, 3.8) is 0 Å². The van der Waals surface area contributed by atoms with Crippen molar-refractivity contribution in [3.05, 3.63) is 59.2 Å². The fraction of sp³-hybridized carbons (Fsp3) is 0.480. The van der Waals surface area contributed by atoms with Gasteiger partial charge in [-0.15, -0.1) is 12.4 Å². The number of carbonyl (C=O) groups excluding carboxylic acids is 1. The molecule has 0 radical (unpaired) electrons. The minimum atomic E-state index is -4.46. The highest BCUT2D eigenvalue weighted by atomic mass is 35.5. The van der Waals surface area contributed by atoms with Gasteiger partial charge in [0.2, 0.25) is 0 Å². The second-order valence-electron chi connectivity index (χ2n) is 9.33. The average Bonchev–Trinajstić information content (AvgIpc) is 3.15. The monoisotopic (exact) mass is 565 g/mol. The minimum Gasteiger partial charge on any atom is -0.508 e. The van der Waals surface area contributed by atoms with Crippen LogP contribution in [0.4, 0.5) is 13.2 Å². The highest BCUT2D eigenvalue weighted by Crippen LogP contribution is 2.46. The molecule has 0 amide bonds. The summed E-state index contributed by atoms with van der Waals surface area (Å²) in [4.78, 5) is 12.3. The summed E-state index contributed by atoms with van der Waals surface area (Å²) in [6.45, 7) is 3.64. The van der Waals surface area contributed by atoms with E-state index in [0.717, 1.165) is 11.1 Å². The molecule has 7 nitrogen and oxygen atoms in total. The van der Waals surface area contributed by atoms with Crippen LogP contribution in [0.15, 0.2) is 42.5 Å². The number of alkyl halides is 3. The van der Waals surface area contributed by atoms with E-state index in [0.29, 0.717) is 12.0 Å². The van der Waals surface area contributed by atoms with Gasteiger partial charge >= 0.3 is 22.3 Å². The zero-order chi connectivity index (χ0) is 26.7. The number of nitrogens with two attached hydrogens (primary N) is 1. The summed E-state index contributed by atoms with van der Waals surface area (Å²) in [5, 5.41) is 10.6. The first-order chi connectivity index (χ1) is 16.8. The second kappa shape index (κ2) is 12.4. The molecule has 0 aromatic heterocycles. The standard InChI is InChI=1S/C25H30F3NO6S.ClH/c1-15(2)23(29)24(31)34-14-17-12-16-6-3-4-7-19(16)22(17)20-13-18(8-9-21(20)30)35-36(32,33)11-5-10-25(26,27)28;/h3-4,6-9,13,15,17,22-23,30H,5,10-12,14,29H2,1-2H3;1H/t17-,22?,23-;/m0./s1. The number of fused-ring (bicyclic) bond motifs is 1. The first-order valence-electron chi connectivity index (χ1n) is 11.6. The van der Waals surface area contributed by atoms with E-state index in [1.54, 1.807) is 13.8 Å². The van der Waals surface area contributed by atoms with Gasteiger partial charge in [-0.2, -0.15) is 21.6 Å². The van der Waals surface area contributed by atoms with Crippen LogP contribution in [0.2, 0.25) is 0 Å². The van der Waals surface area contributed by atoms with Gasteiger partial charge in [-0.25, -0.2) is 0 Å². The van der Waals surface area contributed by atoms with Crippen molar-refractivity contribution >= 4 is 28.5 Å². The molecule has 0 bridgehead atoms. The van der Waals surface area contributed by atoms with Gasteiger partial charge in [0.25, 0.3) is 0 Å². The van der Waals surface area contributed by atoms with E-state index in [2.05, 4.69) is 0 Å². The van der Waals surface area contributed by atoms with Crippen LogP contribution in [0.5, 0.6) is 11.5 Å². The average molecular weight is 566 g/mol. The topological polar surface area (TPSA) is 116 Å². The molecule has 1 aliphatic carbocycles. The number of benzene rings is 2.